The number of amides is 1. The molecule has 6 nitrogen and oxygen atoms in total. The summed E-state index contributed by atoms with van der Waals surface area (Å²) in [7, 11) is 1.55. The van der Waals surface area contributed by atoms with Crippen molar-refractivity contribution >= 4 is 11.9 Å². The minimum Gasteiger partial charge on any atom is -0.496 e. The second kappa shape index (κ2) is 8.68. The molecule has 2 atom stereocenters. The summed E-state index contributed by atoms with van der Waals surface area (Å²) in [6.07, 6.45) is 0.336. The topological polar surface area (TPSA) is 84.9 Å². The molecule has 142 valence electrons. The van der Waals surface area contributed by atoms with Gasteiger partial charge in [-0.1, -0.05) is 42.5 Å². The minimum absolute atomic E-state index is 0.0221. The highest BCUT2D eigenvalue weighted by Crippen LogP contribution is 2.27. The van der Waals surface area contributed by atoms with Crippen molar-refractivity contribution in [2.45, 2.75) is 18.9 Å². The van der Waals surface area contributed by atoms with Crippen LogP contribution in [0.2, 0.25) is 0 Å². The number of nitrogens with one attached hydrogen (secondary N) is 1. The van der Waals surface area contributed by atoms with Crippen LogP contribution >= 0.6 is 0 Å². The lowest BCUT2D eigenvalue weighted by molar-refractivity contribution is -0.142. The molecule has 0 bridgehead atoms. The first-order valence-corrected chi connectivity index (χ1v) is 8.92. The van der Waals surface area contributed by atoms with E-state index >= 15 is 0 Å². The number of carbonyl (C=O) groups is 2. The molecule has 0 radical (unpaired) electrons. The number of rotatable bonds is 7. The maximum absolute atomic E-state index is 12.6. The zero-order valence-electron chi connectivity index (χ0n) is 15.2. The highest BCUT2D eigenvalue weighted by Gasteiger charge is 2.28. The molecule has 2 N–H and O–H groups in total. The molecule has 0 spiro atoms. The number of ether oxygens (including phenoxy) is 2. The predicted molar refractivity (Wildman–Crippen MR) is 99.7 cm³/mol. The van der Waals surface area contributed by atoms with Crippen LogP contribution in [-0.4, -0.2) is 37.2 Å². The summed E-state index contributed by atoms with van der Waals surface area (Å²) in [6, 6.07) is 15.0. The number of benzene rings is 2. The van der Waals surface area contributed by atoms with E-state index in [0.29, 0.717) is 12.4 Å². The summed E-state index contributed by atoms with van der Waals surface area (Å²) in [5, 5.41) is 12.3. The summed E-state index contributed by atoms with van der Waals surface area (Å²) >= 11 is 0. The maximum Gasteiger partial charge on any atom is 0.308 e. The van der Waals surface area contributed by atoms with Crippen LogP contribution in [0.4, 0.5) is 0 Å². The van der Waals surface area contributed by atoms with Crippen molar-refractivity contribution in [3.05, 3.63) is 65.2 Å². The molecule has 2 aromatic rings. The minimum atomic E-state index is -0.967. The third-order valence-electron chi connectivity index (χ3n) is 4.76. The predicted octanol–water partition coefficient (Wildman–Crippen LogP) is 2.37. The monoisotopic (exact) mass is 369 g/mol. The molecular formula is C21H23NO5. The maximum atomic E-state index is 12.6. The number of hydrogen-bond acceptors (Lipinski definition) is 4. The molecule has 1 amide bonds. The molecule has 2 unspecified atom stereocenters. The van der Waals surface area contributed by atoms with Crippen LogP contribution in [0.5, 0.6) is 5.75 Å². The van der Waals surface area contributed by atoms with Gasteiger partial charge in [-0.05, 0) is 35.6 Å². The Morgan fingerprint density at radius 1 is 1.22 bits per heavy atom. The summed E-state index contributed by atoms with van der Waals surface area (Å²) < 4.78 is 10.9. The number of carbonyl (C=O) groups excluding carboxylic acids is 1. The number of methoxy groups -OCH3 is 1. The van der Waals surface area contributed by atoms with Gasteiger partial charge in [0.1, 0.15) is 5.75 Å². The van der Waals surface area contributed by atoms with Crippen LogP contribution in [0.15, 0.2) is 48.5 Å². The molecule has 1 aliphatic heterocycles. The Morgan fingerprint density at radius 2 is 1.96 bits per heavy atom. The molecule has 1 heterocycles. The van der Waals surface area contributed by atoms with Crippen LogP contribution in [-0.2, 0) is 27.2 Å². The van der Waals surface area contributed by atoms with E-state index in [9.17, 15) is 14.7 Å². The first-order chi connectivity index (χ1) is 13.1. The van der Waals surface area contributed by atoms with Crippen LogP contribution in [0.1, 0.15) is 22.8 Å². The lowest BCUT2D eigenvalue weighted by Gasteiger charge is -2.25. The number of fused-ring (bicyclic) bond motifs is 1. The molecule has 0 fully saturated rings. The van der Waals surface area contributed by atoms with Crippen LogP contribution in [0.25, 0.3) is 0 Å². The molecule has 0 aliphatic carbocycles. The molecule has 27 heavy (non-hydrogen) atoms. The normalized spacial score (nSPS) is 16.9. The van der Waals surface area contributed by atoms with E-state index < -0.39 is 18.0 Å². The Balaban J connectivity index is 1.66. The quantitative estimate of drug-likeness (QED) is 0.783. The molecule has 1 aliphatic rings. The van der Waals surface area contributed by atoms with Gasteiger partial charge in [-0.25, -0.2) is 0 Å². The number of hydrogen-bond donors (Lipinski definition) is 2. The van der Waals surface area contributed by atoms with Crippen molar-refractivity contribution in [3.8, 4) is 5.75 Å². The molecule has 0 saturated heterocycles. The summed E-state index contributed by atoms with van der Waals surface area (Å²) in [6.45, 7) is 0.493. The first kappa shape index (κ1) is 18.9. The van der Waals surface area contributed by atoms with Gasteiger partial charge < -0.3 is 19.9 Å². The SMILES string of the molecule is COc1ccccc1CC(CNC(=O)C1OCCc2ccccc21)C(=O)O. The Kier molecular flexibility index (Phi) is 6.08. The van der Waals surface area contributed by atoms with Gasteiger partial charge in [0.25, 0.3) is 5.91 Å². The molecular weight excluding hydrogens is 346 g/mol. The molecule has 0 saturated carbocycles. The van der Waals surface area contributed by atoms with Crippen LogP contribution in [0.3, 0.4) is 0 Å². The van der Waals surface area contributed by atoms with Crippen molar-refractivity contribution in [2.24, 2.45) is 5.92 Å². The zero-order chi connectivity index (χ0) is 19.2. The van der Waals surface area contributed by atoms with Gasteiger partial charge in [0, 0.05) is 6.54 Å². The molecule has 2 aromatic carbocycles. The first-order valence-electron chi connectivity index (χ1n) is 8.92. The fourth-order valence-electron chi connectivity index (χ4n) is 3.31. The average molecular weight is 369 g/mol. The van der Waals surface area contributed by atoms with Gasteiger partial charge in [-0.2, -0.15) is 0 Å². The fraction of sp³-hybridized carbons (Fsp3) is 0.333. The van der Waals surface area contributed by atoms with Gasteiger partial charge in [0.15, 0.2) is 6.10 Å². The highest BCUT2D eigenvalue weighted by atomic mass is 16.5. The van der Waals surface area contributed by atoms with E-state index in [0.717, 1.165) is 23.1 Å². The smallest absolute Gasteiger partial charge is 0.308 e. The number of para-hydroxylation sites is 1. The van der Waals surface area contributed by atoms with Gasteiger partial charge in [0.05, 0.1) is 19.6 Å². The average Bonchev–Trinajstić information content (AvgIpc) is 2.70. The lowest BCUT2D eigenvalue weighted by atomic mass is 9.96. The summed E-state index contributed by atoms with van der Waals surface area (Å²) in [5.74, 6) is -1.40. The Hall–Kier alpha value is -2.86. The Bertz CT molecular complexity index is 820. The van der Waals surface area contributed by atoms with E-state index in [4.69, 9.17) is 9.47 Å². The van der Waals surface area contributed by atoms with E-state index in [1.165, 1.54) is 0 Å². The van der Waals surface area contributed by atoms with Crippen molar-refractivity contribution < 1.29 is 24.2 Å². The zero-order valence-corrected chi connectivity index (χ0v) is 15.2. The largest absolute Gasteiger partial charge is 0.496 e. The molecule has 0 aromatic heterocycles. The van der Waals surface area contributed by atoms with Crippen LogP contribution in [0, 0.1) is 5.92 Å². The van der Waals surface area contributed by atoms with Gasteiger partial charge in [0.2, 0.25) is 0 Å². The van der Waals surface area contributed by atoms with Crippen LogP contribution < -0.4 is 10.1 Å². The van der Waals surface area contributed by atoms with E-state index in [1.807, 2.05) is 42.5 Å². The van der Waals surface area contributed by atoms with Gasteiger partial charge in [-0.3, -0.25) is 9.59 Å². The van der Waals surface area contributed by atoms with E-state index in [-0.39, 0.29) is 18.9 Å². The molecule has 6 heteroatoms. The van der Waals surface area contributed by atoms with E-state index in [2.05, 4.69) is 5.32 Å². The third-order valence-corrected chi connectivity index (χ3v) is 4.76. The third kappa shape index (κ3) is 4.46. The van der Waals surface area contributed by atoms with Crippen molar-refractivity contribution in [1.29, 1.82) is 0 Å². The summed E-state index contributed by atoms with van der Waals surface area (Å²) in [5.41, 5.74) is 2.73. The molecule has 3 rings (SSSR count). The fourth-order valence-corrected chi connectivity index (χ4v) is 3.31. The second-order valence-corrected chi connectivity index (χ2v) is 6.50. The number of aliphatic carboxylic acids is 1. The Morgan fingerprint density at radius 3 is 2.74 bits per heavy atom. The van der Waals surface area contributed by atoms with Crippen molar-refractivity contribution in [3.63, 3.8) is 0 Å². The number of carboxylic acid groups (broad SMARTS) is 1. The van der Waals surface area contributed by atoms with Crippen molar-refractivity contribution in [1.82, 2.24) is 5.32 Å². The summed E-state index contributed by atoms with van der Waals surface area (Å²) in [4.78, 5) is 24.3. The lowest BCUT2D eigenvalue weighted by Crippen LogP contribution is -2.39. The highest BCUT2D eigenvalue weighted by molar-refractivity contribution is 5.83. The number of carboxylic acids is 1. The van der Waals surface area contributed by atoms with E-state index in [1.54, 1.807) is 13.2 Å². The van der Waals surface area contributed by atoms with Crippen molar-refractivity contribution in [2.75, 3.05) is 20.3 Å². The second-order valence-electron chi connectivity index (χ2n) is 6.50. The standard InChI is InChI=1S/C21H23NO5/c1-26-18-9-5-3-7-15(18)12-16(21(24)25)13-22-20(23)19-17-8-4-2-6-14(17)10-11-27-19/h2-9,16,19H,10-13H2,1H3,(H,22,23)(H,24,25). The Labute approximate surface area is 158 Å². The van der Waals surface area contributed by atoms with Gasteiger partial charge in [-0.15, -0.1) is 0 Å². The van der Waals surface area contributed by atoms with Gasteiger partial charge >= 0.3 is 5.97 Å².